The highest BCUT2D eigenvalue weighted by molar-refractivity contribution is 5.57. The van der Waals surface area contributed by atoms with Gasteiger partial charge in [-0.25, -0.2) is 0 Å². The summed E-state index contributed by atoms with van der Waals surface area (Å²) in [6, 6.07) is 16.3. The van der Waals surface area contributed by atoms with Gasteiger partial charge in [-0.2, -0.15) is 0 Å². The van der Waals surface area contributed by atoms with Crippen molar-refractivity contribution in [2.75, 3.05) is 19.0 Å². The van der Waals surface area contributed by atoms with E-state index in [1.54, 1.807) is 7.11 Å². The third-order valence-electron chi connectivity index (χ3n) is 3.12. The summed E-state index contributed by atoms with van der Waals surface area (Å²) in [5.41, 5.74) is 9.27. The predicted molar refractivity (Wildman–Crippen MR) is 79.6 cm³/mol. The van der Waals surface area contributed by atoms with Crippen molar-refractivity contribution >= 4 is 5.69 Å². The Kier molecular flexibility index (Phi) is 4.42. The minimum absolute atomic E-state index is 0.0798. The van der Waals surface area contributed by atoms with E-state index in [1.807, 2.05) is 24.3 Å². The zero-order valence-corrected chi connectivity index (χ0v) is 11.4. The number of hydrogen-bond acceptors (Lipinski definition) is 3. The van der Waals surface area contributed by atoms with Crippen molar-refractivity contribution in [3.63, 3.8) is 0 Å². The van der Waals surface area contributed by atoms with E-state index < -0.39 is 0 Å². The minimum atomic E-state index is 0.0798. The van der Waals surface area contributed by atoms with Crippen LogP contribution in [0.5, 0.6) is 5.75 Å². The molecule has 3 heteroatoms. The Labute approximate surface area is 114 Å². The van der Waals surface area contributed by atoms with Gasteiger partial charge in [0.1, 0.15) is 5.75 Å². The zero-order chi connectivity index (χ0) is 13.7. The summed E-state index contributed by atoms with van der Waals surface area (Å²) in [7, 11) is 1.67. The van der Waals surface area contributed by atoms with Crippen LogP contribution in [-0.2, 0) is 0 Å². The number of nitrogens with two attached hydrogens (primary N) is 1. The van der Waals surface area contributed by atoms with Crippen molar-refractivity contribution in [2.24, 2.45) is 5.73 Å². The highest BCUT2D eigenvalue weighted by Gasteiger charge is 2.11. The number of rotatable bonds is 5. The van der Waals surface area contributed by atoms with Crippen LogP contribution in [0.15, 0.2) is 48.5 Å². The Bertz CT molecular complexity index is 540. The Morgan fingerprint density at radius 2 is 1.95 bits per heavy atom. The molecule has 0 fully saturated rings. The van der Waals surface area contributed by atoms with E-state index >= 15 is 0 Å². The first-order valence-electron chi connectivity index (χ1n) is 6.40. The van der Waals surface area contributed by atoms with Crippen LogP contribution in [0.2, 0.25) is 0 Å². The lowest BCUT2D eigenvalue weighted by molar-refractivity contribution is 0.416. The zero-order valence-electron chi connectivity index (χ0n) is 11.4. The Balaban J connectivity index is 2.24. The second-order valence-corrected chi connectivity index (χ2v) is 4.55. The molecule has 19 heavy (non-hydrogen) atoms. The van der Waals surface area contributed by atoms with Gasteiger partial charge in [-0.15, -0.1) is 0 Å². The molecule has 1 atom stereocenters. The molecule has 1 unspecified atom stereocenters. The highest BCUT2D eigenvalue weighted by atomic mass is 16.5. The van der Waals surface area contributed by atoms with Crippen LogP contribution in [0.25, 0.3) is 0 Å². The average molecular weight is 256 g/mol. The molecule has 100 valence electrons. The fourth-order valence-electron chi connectivity index (χ4n) is 2.12. The maximum Gasteiger partial charge on any atom is 0.141 e. The van der Waals surface area contributed by atoms with Crippen LogP contribution in [0.1, 0.15) is 17.2 Å². The van der Waals surface area contributed by atoms with Crippen LogP contribution in [0.3, 0.4) is 0 Å². The quantitative estimate of drug-likeness (QED) is 0.864. The lowest BCUT2D eigenvalue weighted by Crippen LogP contribution is -2.20. The summed E-state index contributed by atoms with van der Waals surface area (Å²) in [4.78, 5) is 0. The van der Waals surface area contributed by atoms with Gasteiger partial charge in [0.05, 0.1) is 18.8 Å². The van der Waals surface area contributed by atoms with E-state index in [1.165, 1.54) is 11.1 Å². The molecule has 3 N–H and O–H groups in total. The van der Waals surface area contributed by atoms with Crippen molar-refractivity contribution in [2.45, 2.75) is 13.0 Å². The van der Waals surface area contributed by atoms with Crippen LogP contribution < -0.4 is 15.8 Å². The second-order valence-electron chi connectivity index (χ2n) is 4.55. The summed E-state index contributed by atoms with van der Waals surface area (Å²) in [5, 5.41) is 3.44. The van der Waals surface area contributed by atoms with Gasteiger partial charge in [0.2, 0.25) is 0 Å². The maximum absolute atomic E-state index is 5.89. The van der Waals surface area contributed by atoms with E-state index in [9.17, 15) is 0 Å². The number of benzene rings is 2. The fourth-order valence-corrected chi connectivity index (χ4v) is 2.12. The third kappa shape index (κ3) is 3.26. The summed E-state index contributed by atoms with van der Waals surface area (Å²) in [6.45, 7) is 2.61. The van der Waals surface area contributed by atoms with E-state index in [4.69, 9.17) is 10.5 Å². The number of ether oxygens (including phenoxy) is 1. The van der Waals surface area contributed by atoms with E-state index in [-0.39, 0.29) is 6.04 Å². The topological polar surface area (TPSA) is 47.3 Å². The molecule has 0 aromatic heterocycles. The van der Waals surface area contributed by atoms with Crippen molar-refractivity contribution in [3.8, 4) is 5.75 Å². The molecular formula is C16H20N2O. The first-order chi connectivity index (χ1) is 9.24. The molecule has 0 saturated carbocycles. The lowest BCUT2D eigenvalue weighted by Gasteiger charge is -2.20. The van der Waals surface area contributed by atoms with Crippen molar-refractivity contribution < 1.29 is 4.74 Å². The van der Waals surface area contributed by atoms with E-state index in [0.29, 0.717) is 6.54 Å². The molecule has 0 radical (unpaired) electrons. The molecule has 0 amide bonds. The number of para-hydroxylation sites is 2. The van der Waals surface area contributed by atoms with Gasteiger partial charge in [-0.05, 0) is 24.6 Å². The summed E-state index contributed by atoms with van der Waals surface area (Å²) in [6.07, 6.45) is 0. The molecule has 0 aliphatic heterocycles. The predicted octanol–water partition coefficient (Wildman–Crippen LogP) is 3.12. The maximum atomic E-state index is 5.89. The van der Waals surface area contributed by atoms with Crippen molar-refractivity contribution in [1.82, 2.24) is 0 Å². The van der Waals surface area contributed by atoms with Gasteiger partial charge in [0.15, 0.2) is 0 Å². The largest absolute Gasteiger partial charge is 0.495 e. The number of aryl methyl sites for hydroxylation is 1. The van der Waals surface area contributed by atoms with Crippen LogP contribution >= 0.6 is 0 Å². The number of methoxy groups -OCH3 is 1. The summed E-state index contributed by atoms with van der Waals surface area (Å²) >= 11 is 0. The molecule has 0 heterocycles. The molecule has 0 bridgehead atoms. The summed E-state index contributed by atoms with van der Waals surface area (Å²) < 4.78 is 5.35. The number of anilines is 1. The number of hydrogen-bond donors (Lipinski definition) is 2. The Morgan fingerprint density at radius 1 is 1.16 bits per heavy atom. The van der Waals surface area contributed by atoms with Gasteiger partial charge < -0.3 is 15.8 Å². The van der Waals surface area contributed by atoms with Crippen LogP contribution in [-0.4, -0.2) is 13.7 Å². The standard InChI is InChI=1S/C16H20N2O/c1-12-6-5-7-13(10-12)15(11-17)18-14-8-3-4-9-16(14)19-2/h3-10,15,18H,11,17H2,1-2H3. The SMILES string of the molecule is COc1ccccc1NC(CN)c1cccc(C)c1. The molecular weight excluding hydrogens is 236 g/mol. The Hall–Kier alpha value is -2.00. The molecule has 2 rings (SSSR count). The molecule has 0 aliphatic rings. The average Bonchev–Trinajstić information content (AvgIpc) is 2.45. The monoisotopic (exact) mass is 256 g/mol. The van der Waals surface area contributed by atoms with Gasteiger partial charge in [-0.1, -0.05) is 42.0 Å². The molecule has 0 spiro atoms. The van der Waals surface area contributed by atoms with Crippen molar-refractivity contribution in [1.29, 1.82) is 0 Å². The third-order valence-corrected chi connectivity index (χ3v) is 3.12. The number of nitrogens with one attached hydrogen (secondary N) is 1. The Morgan fingerprint density at radius 3 is 2.63 bits per heavy atom. The molecule has 2 aromatic rings. The minimum Gasteiger partial charge on any atom is -0.495 e. The lowest BCUT2D eigenvalue weighted by atomic mass is 10.0. The first kappa shape index (κ1) is 13.4. The fraction of sp³-hybridized carbons (Fsp3) is 0.250. The smallest absolute Gasteiger partial charge is 0.141 e. The van der Waals surface area contributed by atoms with Crippen LogP contribution in [0, 0.1) is 6.92 Å². The van der Waals surface area contributed by atoms with Gasteiger partial charge >= 0.3 is 0 Å². The van der Waals surface area contributed by atoms with E-state index in [2.05, 4.69) is 36.5 Å². The molecule has 0 saturated heterocycles. The van der Waals surface area contributed by atoms with Crippen LogP contribution in [0.4, 0.5) is 5.69 Å². The van der Waals surface area contributed by atoms with Gasteiger partial charge in [0.25, 0.3) is 0 Å². The van der Waals surface area contributed by atoms with Crippen molar-refractivity contribution in [3.05, 3.63) is 59.7 Å². The molecule has 2 aromatic carbocycles. The molecule has 0 aliphatic carbocycles. The normalized spacial score (nSPS) is 11.9. The van der Waals surface area contributed by atoms with E-state index in [0.717, 1.165) is 11.4 Å². The highest BCUT2D eigenvalue weighted by Crippen LogP contribution is 2.27. The second kappa shape index (κ2) is 6.25. The summed E-state index contributed by atoms with van der Waals surface area (Å²) in [5.74, 6) is 0.827. The first-order valence-corrected chi connectivity index (χ1v) is 6.40. The van der Waals surface area contributed by atoms with Gasteiger partial charge in [0, 0.05) is 6.54 Å². The van der Waals surface area contributed by atoms with Gasteiger partial charge in [-0.3, -0.25) is 0 Å². The molecule has 3 nitrogen and oxygen atoms in total.